The Kier molecular flexibility index (Phi) is 4.44. The van der Waals surface area contributed by atoms with Gasteiger partial charge in [0.1, 0.15) is 11.5 Å². The average molecular weight is 399 g/mol. The minimum Gasteiger partial charge on any atom is -0.470 e. The summed E-state index contributed by atoms with van der Waals surface area (Å²) in [5.74, 6) is 1.08. The van der Waals surface area contributed by atoms with E-state index < -0.39 is 12.3 Å². The third-order valence-corrected chi connectivity index (χ3v) is 5.98. The molecule has 1 saturated heterocycles. The molecule has 0 amide bonds. The largest absolute Gasteiger partial charge is 0.470 e. The highest BCUT2D eigenvalue weighted by Crippen LogP contribution is 2.48. The first-order valence-corrected chi connectivity index (χ1v) is 9.84. The molecule has 29 heavy (non-hydrogen) atoms. The van der Waals surface area contributed by atoms with Gasteiger partial charge in [-0.1, -0.05) is 18.2 Å². The second-order valence-electron chi connectivity index (χ2n) is 7.80. The number of para-hydroxylation sites is 1. The summed E-state index contributed by atoms with van der Waals surface area (Å²) in [7, 11) is 2.13. The molecule has 0 saturated carbocycles. The molecule has 1 fully saturated rings. The average Bonchev–Trinajstić information content (AvgIpc) is 3.17. The fourth-order valence-corrected chi connectivity index (χ4v) is 4.41. The van der Waals surface area contributed by atoms with Crippen molar-refractivity contribution in [2.75, 3.05) is 20.1 Å². The maximum atomic E-state index is 12.4. The van der Waals surface area contributed by atoms with Gasteiger partial charge >= 0.3 is 6.61 Å². The molecule has 2 aromatic carbocycles. The van der Waals surface area contributed by atoms with E-state index in [-0.39, 0.29) is 11.8 Å². The van der Waals surface area contributed by atoms with Gasteiger partial charge in [0.25, 0.3) is 0 Å². The van der Waals surface area contributed by atoms with Gasteiger partial charge in [0.15, 0.2) is 5.72 Å². The van der Waals surface area contributed by atoms with Gasteiger partial charge in [-0.15, -0.1) is 0 Å². The highest BCUT2D eigenvalue weighted by Gasteiger charge is 2.51. The van der Waals surface area contributed by atoms with E-state index in [0.717, 1.165) is 48.5 Å². The Hall–Kier alpha value is -2.64. The van der Waals surface area contributed by atoms with Gasteiger partial charge in [-0.3, -0.25) is 0 Å². The molecule has 7 heteroatoms. The van der Waals surface area contributed by atoms with E-state index in [1.807, 2.05) is 18.2 Å². The predicted molar refractivity (Wildman–Crippen MR) is 105 cm³/mol. The predicted octanol–water partition coefficient (Wildman–Crippen LogP) is 4.00. The van der Waals surface area contributed by atoms with E-state index in [0.29, 0.717) is 0 Å². The van der Waals surface area contributed by atoms with Gasteiger partial charge in [-0.2, -0.15) is 13.8 Å². The summed E-state index contributed by atoms with van der Waals surface area (Å²) in [4.78, 5) is 2.32. The summed E-state index contributed by atoms with van der Waals surface area (Å²) in [5.41, 5.74) is 6.12. The van der Waals surface area contributed by atoms with Crippen LogP contribution < -0.4 is 14.9 Å². The molecule has 5 nitrogen and oxygen atoms in total. The van der Waals surface area contributed by atoms with Gasteiger partial charge in [0.2, 0.25) is 0 Å². The van der Waals surface area contributed by atoms with Crippen molar-refractivity contribution in [3.8, 4) is 11.5 Å². The molecule has 3 aliphatic rings. The molecule has 0 aromatic heterocycles. The molecule has 1 atom stereocenters. The van der Waals surface area contributed by atoms with Crippen LogP contribution in [-0.4, -0.2) is 42.4 Å². The number of likely N-dealkylation sites (tertiary alicyclic amines) is 1. The van der Waals surface area contributed by atoms with Crippen LogP contribution in [0.1, 0.15) is 30.0 Å². The van der Waals surface area contributed by atoms with Gasteiger partial charge in [-0.05, 0) is 49.0 Å². The second-order valence-corrected chi connectivity index (χ2v) is 7.80. The van der Waals surface area contributed by atoms with E-state index >= 15 is 0 Å². The third kappa shape index (κ3) is 3.24. The summed E-state index contributed by atoms with van der Waals surface area (Å²) in [5, 5.41) is 2.22. The van der Waals surface area contributed by atoms with Crippen LogP contribution in [0, 0.1) is 0 Å². The molecule has 0 radical (unpaired) electrons. The Morgan fingerprint density at radius 2 is 1.83 bits per heavy atom. The second kappa shape index (κ2) is 7.00. The molecule has 3 aliphatic heterocycles. The summed E-state index contributed by atoms with van der Waals surface area (Å²) in [6.07, 6.45) is 3.97. The van der Waals surface area contributed by atoms with Crippen molar-refractivity contribution in [2.45, 2.75) is 31.2 Å². The molecule has 1 N–H and O–H groups in total. The zero-order valence-corrected chi connectivity index (χ0v) is 16.1. The number of hydrogen-bond acceptors (Lipinski definition) is 5. The van der Waals surface area contributed by atoms with Crippen molar-refractivity contribution < 1.29 is 18.3 Å². The van der Waals surface area contributed by atoms with E-state index in [1.54, 1.807) is 24.3 Å². The highest BCUT2D eigenvalue weighted by molar-refractivity contribution is 5.68. The van der Waals surface area contributed by atoms with Crippen LogP contribution in [-0.2, 0) is 0 Å². The fourth-order valence-electron chi connectivity index (χ4n) is 4.41. The maximum absolute atomic E-state index is 12.4. The molecule has 0 aliphatic carbocycles. The Labute approximate surface area is 168 Å². The van der Waals surface area contributed by atoms with Gasteiger partial charge in [0.05, 0.1) is 11.7 Å². The molecular weight excluding hydrogens is 376 g/mol. The highest BCUT2D eigenvalue weighted by atomic mass is 19.3. The minimum atomic E-state index is -2.82. The smallest absolute Gasteiger partial charge is 0.387 e. The molecule has 5 rings (SSSR count). The summed E-state index contributed by atoms with van der Waals surface area (Å²) < 4.78 is 35.9. The van der Waals surface area contributed by atoms with Crippen LogP contribution in [0.5, 0.6) is 11.5 Å². The molecule has 1 spiro atoms. The van der Waals surface area contributed by atoms with Gasteiger partial charge < -0.3 is 19.8 Å². The molecule has 0 bridgehead atoms. The number of ether oxygens (including phenoxy) is 2. The topological polar surface area (TPSA) is 37.0 Å². The lowest BCUT2D eigenvalue weighted by atomic mass is 9.93. The van der Waals surface area contributed by atoms with Crippen molar-refractivity contribution in [2.24, 2.45) is 0 Å². The van der Waals surface area contributed by atoms with Crippen molar-refractivity contribution >= 4 is 5.70 Å². The van der Waals surface area contributed by atoms with Crippen LogP contribution in [0.15, 0.2) is 54.6 Å². The first-order chi connectivity index (χ1) is 14.0. The number of hydrogen-bond donors (Lipinski definition) is 1. The van der Waals surface area contributed by atoms with E-state index in [4.69, 9.17) is 4.74 Å². The van der Waals surface area contributed by atoms with E-state index in [2.05, 4.69) is 39.3 Å². The van der Waals surface area contributed by atoms with Crippen LogP contribution in [0.3, 0.4) is 0 Å². The van der Waals surface area contributed by atoms with E-state index in [1.165, 1.54) is 0 Å². The minimum absolute atomic E-state index is 0.0512. The number of halogens is 2. The summed E-state index contributed by atoms with van der Waals surface area (Å²) in [6.45, 7) is -0.902. The zero-order valence-electron chi connectivity index (χ0n) is 16.1. The number of piperidine rings is 1. The molecule has 152 valence electrons. The van der Waals surface area contributed by atoms with Crippen molar-refractivity contribution in [1.29, 1.82) is 0 Å². The zero-order chi connectivity index (χ0) is 20.0. The molecule has 0 unspecified atom stereocenters. The maximum Gasteiger partial charge on any atom is 0.387 e. The van der Waals surface area contributed by atoms with Gasteiger partial charge in [0, 0.05) is 31.5 Å². The van der Waals surface area contributed by atoms with Crippen molar-refractivity contribution in [1.82, 2.24) is 15.3 Å². The lowest BCUT2D eigenvalue weighted by molar-refractivity contribution is -0.157. The lowest BCUT2D eigenvalue weighted by Gasteiger charge is -2.51. The molecule has 3 heterocycles. The quantitative estimate of drug-likeness (QED) is 0.844. The van der Waals surface area contributed by atoms with Crippen LogP contribution in [0.4, 0.5) is 8.78 Å². The lowest BCUT2D eigenvalue weighted by Crippen LogP contribution is -2.63. The van der Waals surface area contributed by atoms with Crippen LogP contribution in [0.2, 0.25) is 0 Å². The Morgan fingerprint density at radius 3 is 2.55 bits per heavy atom. The number of benzene rings is 2. The SMILES string of the molecule is CN1CCC2(CC1)Oc1ccccc1[C@H]1C=C(c3ccc(OC(F)F)cc3)NN12. The standard InChI is InChI=1S/C22H23F2N3O2/c1-26-12-10-22(11-13-26)27-19(17-4-2-3-5-20(17)29-22)14-18(25-27)15-6-8-16(9-7-15)28-21(23)24/h2-9,14,19,21,25H,10-13H2,1H3/t19-/m1/s1. The van der Waals surface area contributed by atoms with Crippen molar-refractivity contribution in [3.63, 3.8) is 0 Å². The number of nitrogens with zero attached hydrogens (tertiary/aromatic N) is 2. The first-order valence-electron chi connectivity index (χ1n) is 9.84. The summed E-state index contributed by atoms with van der Waals surface area (Å²) >= 11 is 0. The number of fused-ring (bicyclic) bond motifs is 4. The fraction of sp³-hybridized carbons (Fsp3) is 0.364. The van der Waals surface area contributed by atoms with Crippen molar-refractivity contribution in [3.05, 3.63) is 65.7 Å². The Morgan fingerprint density at radius 1 is 1.10 bits per heavy atom. The van der Waals surface area contributed by atoms with Gasteiger partial charge in [-0.25, -0.2) is 0 Å². The normalized spacial score (nSPS) is 23.2. The van der Waals surface area contributed by atoms with Crippen LogP contribution >= 0.6 is 0 Å². The number of nitrogens with one attached hydrogen (secondary N) is 1. The number of alkyl halides is 2. The van der Waals surface area contributed by atoms with E-state index in [9.17, 15) is 8.78 Å². The monoisotopic (exact) mass is 399 g/mol. The molecular formula is C22H23F2N3O2. The molecule has 2 aromatic rings. The third-order valence-electron chi connectivity index (χ3n) is 5.98. The first kappa shape index (κ1) is 18.4. The summed E-state index contributed by atoms with van der Waals surface area (Å²) in [6, 6.07) is 14.9. The number of rotatable bonds is 3. The Bertz CT molecular complexity index is 924. The number of hydrazine groups is 1. The Balaban J connectivity index is 1.48. The van der Waals surface area contributed by atoms with Crippen LogP contribution in [0.25, 0.3) is 5.70 Å².